The zero-order chi connectivity index (χ0) is 22.8. The Balaban J connectivity index is 1.91. The molecular weight excluding hydrogens is 409 g/mol. The van der Waals surface area contributed by atoms with E-state index in [0.717, 1.165) is 22.4 Å². The summed E-state index contributed by atoms with van der Waals surface area (Å²) in [5.41, 5.74) is 3.95. The average molecular weight is 433 g/mol. The van der Waals surface area contributed by atoms with Crippen molar-refractivity contribution in [2.45, 2.75) is 19.0 Å². The summed E-state index contributed by atoms with van der Waals surface area (Å²) in [4.78, 5) is 32.4. The lowest BCUT2D eigenvalue weighted by Crippen LogP contribution is -2.42. The number of halogens is 1. The second-order valence-electron chi connectivity index (χ2n) is 7.93. The molecular formula is C24H24FN5O2. The van der Waals surface area contributed by atoms with Crippen LogP contribution in [-0.2, 0) is 16.1 Å². The van der Waals surface area contributed by atoms with E-state index in [1.54, 1.807) is 43.5 Å². The number of hydrogen-bond acceptors (Lipinski definition) is 4. The smallest absolute Gasteiger partial charge is 0.246 e. The third-order valence-electron chi connectivity index (χ3n) is 5.61. The van der Waals surface area contributed by atoms with E-state index in [1.165, 1.54) is 23.1 Å². The molecule has 2 amide bonds. The summed E-state index contributed by atoms with van der Waals surface area (Å²) in [6.45, 7) is 4.28. The molecule has 8 heteroatoms. The van der Waals surface area contributed by atoms with Crippen LogP contribution in [-0.4, -0.2) is 57.0 Å². The van der Waals surface area contributed by atoms with Gasteiger partial charge in [0.15, 0.2) is 0 Å². The quantitative estimate of drug-likeness (QED) is 0.579. The van der Waals surface area contributed by atoms with E-state index in [9.17, 15) is 14.0 Å². The molecule has 0 fully saturated rings. The number of nitrogens with zero attached hydrogens (tertiary/aromatic N) is 5. The second-order valence-corrected chi connectivity index (χ2v) is 7.93. The highest BCUT2D eigenvalue weighted by molar-refractivity contribution is 5.88. The summed E-state index contributed by atoms with van der Waals surface area (Å²) < 4.78 is 15.4. The van der Waals surface area contributed by atoms with Crippen molar-refractivity contribution in [3.05, 3.63) is 73.0 Å². The molecule has 0 N–H and O–H groups in total. The lowest BCUT2D eigenvalue weighted by atomic mass is 9.98. The fourth-order valence-electron chi connectivity index (χ4n) is 3.96. The second kappa shape index (κ2) is 8.74. The third-order valence-corrected chi connectivity index (χ3v) is 5.61. The molecule has 1 aliphatic heterocycles. The van der Waals surface area contributed by atoms with Gasteiger partial charge in [0.1, 0.15) is 11.5 Å². The largest absolute Gasteiger partial charge is 0.349 e. The van der Waals surface area contributed by atoms with Gasteiger partial charge in [-0.05, 0) is 48.0 Å². The first-order valence-corrected chi connectivity index (χ1v) is 10.3. The van der Waals surface area contributed by atoms with Crippen LogP contribution in [0.2, 0.25) is 0 Å². The molecule has 0 saturated carbocycles. The van der Waals surface area contributed by atoms with Crippen LogP contribution in [0.3, 0.4) is 0 Å². The van der Waals surface area contributed by atoms with Gasteiger partial charge in [-0.25, -0.2) is 4.39 Å². The molecule has 1 aliphatic rings. The van der Waals surface area contributed by atoms with E-state index >= 15 is 0 Å². The van der Waals surface area contributed by atoms with Crippen molar-refractivity contribution in [3.63, 3.8) is 0 Å². The van der Waals surface area contributed by atoms with E-state index in [-0.39, 0.29) is 30.1 Å². The number of benzene rings is 1. The maximum Gasteiger partial charge on any atom is 0.246 e. The SMILES string of the molecule is C=CC(=O)N1Cc2c(-c3ccncc3)c(-c3ccc(F)cc3)nn2C(CC(=O)N(C)C)C1. The van der Waals surface area contributed by atoms with Crippen molar-refractivity contribution in [2.24, 2.45) is 0 Å². The number of pyridine rings is 1. The number of carbonyl (C=O) groups is 2. The van der Waals surface area contributed by atoms with E-state index in [1.807, 2.05) is 16.8 Å². The highest BCUT2D eigenvalue weighted by atomic mass is 19.1. The molecule has 0 aliphatic carbocycles. The Morgan fingerprint density at radius 3 is 2.47 bits per heavy atom. The zero-order valence-corrected chi connectivity index (χ0v) is 18.0. The van der Waals surface area contributed by atoms with Crippen molar-refractivity contribution >= 4 is 11.8 Å². The molecule has 0 spiro atoms. The lowest BCUT2D eigenvalue weighted by Gasteiger charge is -2.34. The van der Waals surface area contributed by atoms with Gasteiger partial charge in [0, 0.05) is 44.2 Å². The van der Waals surface area contributed by atoms with Gasteiger partial charge in [-0.15, -0.1) is 0 Å². The number of amides is 2. The lowest BCUT2D eigenvalue weighted by molar-refractivity contribution is -0.132. The van der Waals surface area contributed by atoms with Crippen molar-refractivity contribution in [2.75, 3.05) is 20.6 Å². The number of hydrogen-bond donors (Lipinski definition) is 0. The van der Waals surface area contributed by atoms with Crippen LogP contribution < -0.4 is 0 Å². The van der Waals surface area contributed by atoms with Crippen molar-refractivity contribution < 1.29 is 14.0 Å². The molecule has 2 aromatic heterocycles. The Kier molecular flexibility index (Phi) is 5.85. The standard InChI is InChI=1S/C24H24FN5O2/c1-4-21(31)29-14-19(13-22(32)28(2)3)30-20(15-29)23(16-9-11-26-12-10-16)24(27-30)17-5-7-18(25)8-6-17/h4-12,19H,1,13-15H2,2-3H3. The molecule has 0 radical (unpaired) electrons. The minimum Gasteiger partial charge on any atom is -0.349 e. The number of aromatic nitrogens is 3. The highest BCUT2D eigenvalue weighted by Gasteiger charge is 2.34. The van der Waals surface area contributed by atoms with Crippen LogP contribution in [0.1, 0.15) is 18.2 Å². The summed E-state index contributed by atoms with van der Waals surface area (Å²) in [6.07, 6.45) is 4.86. The Morgan fingerprint density at radius 1 is 1.16 bits per heavy atom. The first kappa shape index (κ1) is 21.4. The Morgan fingerprint density at radius 2 is 1.84 bits per heavy atom. The van der Waals surface area contributed by atoms with Crippen LogP contribution >= 0.6 is 0 Å². The van der Waals surface area contributed by atoms with Gasteiger partial charge in [0.2, 0.25) is 11.8 Å². The van der Waals surface area contributed by atoms with Crippen molar-refractivity contribution in [1.29, 1.82) is 0 Å². The summed E-state index contributed by atoms with van der Waals surface area (Å²) in [6, 6.07) is 9.56. The molecule has 0 saturated heterocycles. The topological polar surface area (TPSA) is 71.3 Å². The molecule has 1 atom stereocenters. The predicted molar refractivity (Wildman–Crippen MR) is 119 cm³/mol. The number of carbonyl (C=O) groups excluding carboxylic acids is 2. The van der Waals surface area contributed by atoms with Crippen LogP contribution in [0.25, 0.3) is 22.4 Å². The molecule has 1 unspecified atom stereocenters. The molecule has 0 bridgehead atoms. The molecule has 3 heterocycles. The van der Waals surface area contributed by atoms with Crippen LogP contribution in [0.15, 0.2) is 61.4 Å². The fraction of sp³-hybridized carbons (Fsp3) is 0.250. The summed E-state index contributed by atoms with van der Waals surface area (Å²) in [5, 5.41) is 4.88. The third kappa shape index (κ3) is 4.03. The number of rotatable bonds is 5. The van der Waals surface area contributed by atoms with E-state index < -0.39 is 0 Å². The first-order valence-electron chi connectivity index (χ1n) is 10.3. The van der Waals surface area contributed by atoms with Crippen molar-refractivity contribution in [1.82, 2.24) is 24.6 Å². The molecule has 4 rings (SSSR count). The Bertz CT molecular complexity index is 1160. The molecule has 1 aromatic carbocycles. The van der Waals surface area contributed by atoms with Crippen LogP contribution in [0.4, 0.5) is 4.39 Å². The zero-order valence-electron chi connectivity index (χ0n) is 18.0. The molecule has 3 aromatic rings. The van der Waals surface area contributed by atoms with Crippen LogP contribution in [0.5, 0.6) is 0 Å². The van der Waals surface area contributed by atoms with Gasteiger partial charge in [0.05, 0.1) is 24.7 Å². The molecule has 32 heavy (non-hydrogen) atoms. The first-order chi connectivity index (χ1) is 15.4. The van der Waals surface area contributed by atoms with E-state index in [2.05, 4.69) is 11.6 Å². The van der Waals surface area contributed by atoms with Crippen LogP contribution in [0, 0.1) is 5.82 Å². The Hall–Kier alpha value is -3.81. The van der Waals surface area contributed by atoms with E-state index in [0.29, 0.717) is 18.8 Å². The summed E-state index contributed by atoms with van der Waals surface area (Å²) in [5.74, 6) is -0.595. The van der Waals surface area contributed by atoms with Gasteiger partial charge < -0.3 is 9.80 Å². The molecule has 164 valence electrons. The van der Waals surface area contributed by atoms with Gasteiger partial charge >= 0.3 is 0 Å². The van der Waals surface area contributed by atoms with Gasteiger partial charge in [-0.1, -0.05) is 6.58 Å². The predicted octanol–water partition coefficient (Wildman–Crippen LogP) is 3.30. The van der Waals surface area contributed by atoms with Gasteiger partial charge in [-0.3, -0.25) is 19.3 Å². The monoisotopic (exact) mass is 433 g/mol. The van der Waals surface area contributed by atoms with Crippen molar-refractivity contribution in [3.8, 4) is 22.4 Å². The minimum absolute atomic E-state index is 0.0573. The molecule has 7 nitrogen and oxygen atoms in total. The normalized spacial score (nSPS) is 15.2. The van der Waals surface area contributed by atoms with Gasteiger partial charge in [-0.2, -0.15) is 5.10 Å². The maximum absolute atomic E-state index is 13.6. The van der Waals surface area contributed by atoms with E-state index in [4.69, 9.17) is 5.10 Å². The average Bonchev–Trinajstić information content (AvgIpc) is 3.19. The Labute approximate surface area is 185 Å². The fourth-order valence-corrected chi connectivity index (χ4v) is 3.96. The summed E-state index contributed by atoms with van der Waals surface area (Å²) in [7, 11) is 3.41. The highest BCUT2D eigenvalue weighted by Crippen LogP contribution is 2.39. The summed E-state index contributed by atoms with van der Waals surface area (Å²) >= 11 is 0. The number of fused-ring (bicyclic) bond motifs is 1. The van der Waals surface area contributed by atoms with Gasteiger partial charge in [0.25, 0.3) is 0 Å². The minimum atomic E-state index is -0.340. The maximum atomic E-state index is 13.6.